The van der Waals surface area contributed by atoms with E-state index in [1.807, 2.05) is 18.2 Å². The molecule has 1 N–H and O–H groups in total. The van der Waals surface area contributed by atoms with E-state index in [0.717, 1.165) is 38.3 Å². The Hall–Kier alpha value is -1.06. The largest absolute Gasteiger partial charge is 0.508 e. The lowest BCUT2D eigenvalue weighted by Gasteiger charge is -2.34. The van der Waals surface area contributed by atoms with Gasteiger partial charge in [0.05, 0.1) is 13.2 Å². The summed E-state index contributed by atoms with van der Waals surface area (Å²) in [6.07, 6.45) is 1.01. The zero-order chi connectivity index (χ0) is 11.4. The Morgan fingerprint density at radius 3 is 2.62 bits per heavy atom. The Balaban J connectivity index is 2.18. The molecular formula is C13H19NO2. The van der Waals surface area contributed by atoms with Gasteiger partial charge < -0.3 is 9.84 Å². The van der Waals surface area contributed by atoms with Gasteiger partial charge in [0, 0.05) is 24.7 Å². The molecule has 0 saturated carbocycles. The summed E-state index contributed by atoms with van der Waals surface area (Å²) in [5.74, 6) is 0.404. The highest BCUT2D eigenvalue weighted by Gasteiger charge is 2.22. The van der Waals surface area contributed by atoms with Crippen molar-refractivity contribution in [1.82, 2.24) is 4.90 Å². The summed E-state index contributed by atoms with van der Waals surface area (Å²) < 4.78 is 5.36. The number of morpholine rings is 1. The summed E-state index contributed by atoms with van der Waals surface area (Å²) in [6, 6.07) is 7.94. The number of ether oxygens (including phenoxy) is 1. The molecule has 0 spiro atoms. The number of rotatable bonds is 3. The Morgan fingerprint density at radius 1 is 1.31 bits per heavy atom. The topological polar surface area (TPSA) is 32.7 Å². The molecule has 0 aliphatic carbocycles. The quantitative estimate of drug-likeness (QED) is 0.849. The first-order chi connectivity index (χ1) is 7.83. The zero-order valence-electron chi connectivity index (χ0n) is 9.72. The molecule has 1 aromatic rings. The van der Waals surface area contributed by atoms with Gasteiger partial charge in [0.25, 0.3) is 0 Å². The van der Waals surface area contributed by atoms with E-state index >= 15 is 0 Å². The lowest BCUT2D eigenvalue weighted by molar-refractivity contribution is 0.0148. The minimum atomic E-state index is 0.310. The van der Waals surface area contributed by atoms with Crippen molar-refractivity contribution >= 4 is 0 Å². The van der Waals surface area contributed by atoms with E-state index in [4.69, 9.17) is 4.74 Å². The average Bonchev–Trinajstić information content (AvgIpc) is 2.34. The third-order valence-electron chi connectivity index (χ3n) is 3.17. The fourth-order valence-corrected chi connectivity index (χ4v) is 2.33. The second kappa shape index (κ2) is 5.32. The fourth-order valence-electron chi connectivity index (χ4n) is 2.33. The molecule has 1 atom stereocenters. The number of aromatic hydroxyl groups is 1. The fraction of sp³-hybridized carbons (Fsp3) is 0.538. The molecule has 88 valence electrons. The van der Waals surface area contributed by atoms with Crippen LogP contribution >= 0.6 is 0 Å². The molecular weight excluding hydrogens is 202 g/mol. The molecule has 0 bridgehead atoms. The SMILES string of the molecule is CCC(c1ccccc1O)N1CCOCC1. The third kappa shape index (κ3) is 2.36. The molecule has 0 aromatic heterocycles. The van der Waals surface area contributed by atoms with Crippen LogP contribution in [0.1, 0.15) is 24.9 Å². The summed E-state index contributed by atoms with van der Waals surface area (Å²) in [7, 11) is 0. The number of para-hydroxylation sites is 1. The summed E-state index contributed by atoms with van der Waals surface area (Å²) in [6.45, 7) is 5.65. The summed E-state index contributed by atoms with van der Waals surface area (Å²) in [5, 5.41) is 9.88. The number of benzene rings is 1. The van der Waals surface area contributed by atoms with Crippen LogP contribution in [0.5, 0.6) is 5.75 Å². The van der Waals surface area contributed by atoms with Crippen LogP contribution in [-0.2, 0) is 4.74 Å². The molecule has 1 saturated heterocycles. The normalized spacial score (nSPS) is 19.6. The highest BCUT2D eigenvalue weighted by molar-refractivity contribution is 5.34. The first-order valence-electron chi connectivity index (χ1n) is 5.92. The molecule has 1 unspecified atom stereocenters. The monoisotopic (exact) mass is 221 g/mol. The standard InChI is InChI=1S/C13H19NO2/c1-2-12(14-7-9-16-10-8-14)11-5-3-4-6-13(11)15/h3-6,12,15H,2,7-10H2,1H3. The predicted molar refractivity (Wildman–Crippen MR) is 63.5 cm³/mol. The zero-order valence-corrected chi connectivity index (χ0v) is 9.72. The maximum atomic E-state index is 9.88. The smallest absolute Gasteiger partial charge is 0.120 e. The van der Waals surface area contributed by atoms with Gasteiger partial charge in [-0.05, 0) is 12.5 Å². The molecule has 0 radical (unpaired) electrons. The Morgan fingerprint density at radius 2 is 2.00 bits per heavy atom. The highest BCUT2D eigenvalue weighted by atomic mass is 16.5. The second-order valence-corrected chi connectivity index (χ2v) is 4.13. The molecule has 2 rings (SSSR count). The van der Waals surface area contributed by atoms with Gasteiger partial charge >= 0.3 is 0 Å². The van der Waals surface area contributed by atoms with E-state index in [2.05, 4.69) is 11.8 Å². The van der Waals surface area contributed by atoms with Crippen LogP contribution in [0.2, 0.25) is 0 Å². The van der Waals surface area contributed by atoms with Crippen molar-refractivity contribution in [1.29, 1.82) is 0 Å². The molecule has 1 fully saturated rings. The summed E-state index contributed by atoms with van der Waals surface area (Å²) >= 11 is 0. The minimum absolute atomic E-state index is 0.310. The van der Waals surface area contributed by atoms with Gasteiger partial charge in [0.15, 0.2) is 0 Å². The number of nitrogens with zero attached hydrogens (tertiary/aromatic N) is 1. The Bertz CT molecular complexity index is 334. The first-order valence-corrected chi connectivity index (χ1v) is 5.92. The van der Waals surface area contributed by atoms with E-state index in [0.29, 0.717) is 11.8 Å². The third-order valence-corrected chi connectivity index (χ3v) is 3.17. The Kier molecular flexibility index (Phi) is 3.80. The van der Waals surface area contributed by atoms with Crippen molar-refractivity contribution in [3.63, 3.8) is 0 Å². The summed E-state index contributed by atoms with van der Waals surface area (Å²) in [4.78, 5) is 2.39. The molecule has 1 aliphatic heterocycles. The van der Waals surface area contributed by atoms with Crippen LogP contribution < -0.4 is 0 Å². The van der Waals surface area contributed by atoms with Gasteiger partial charge in [-0.3, -0.25) is 4.90 Å². The van der Waals surface area contributed by atoms with Gasteiger partial charge in [-0.1, -0.05) is 25.1 Å². The van der Waals surface area contributed by atoms with Gasteiger partial charge in [0.1, 0.15) is 5.75 Å². The van der Waals surface area contributed by atoms with Crippen LogP contribution in [0.4, 0.5) is 0 Å². The highest BCUT2D eigenvalue weighted by Crippen LogP contribution is 2.31. The van der Waals surface area contributed by atoms with Crippen molar-refractivity contribution in [3.8, 4) is 5.75 Å². The maximum Gasteiger partial charge on any atom is 0.120 e. The lowest BCUT2D eigenvalue weighted by Crippen LogP contribution is -2.38. The molecule has 1 heterocycles. The molecule has 1 aromatic carbocycles. The molecule has 3 heteroatoms. The van der Waals surface area contributed by atoms with Crippen molar-refractivity contribution in [2.45, 2.75) is 19.4 Å². The number of phenolic OH excluding ortho intramolecular Hbond substituents is 1. The number of phenols is 1. The lowest BCUT2D eigenvalue weighted by atomic mass is 10.0. The van der Waals surface area contributed by atoms with E-state index in [-0.39, 0.29) is 0 Å². The first kappa shape index (κ1) is 11.4. The van der Waals surface area contributed by atoms with Crippen molar-refractivity contribution in [2.24, 2.45) is 0 Å². The van der Waals surface area contributed by atoms with Crippen LogP contribution in [0.25, 0.3) is 0 Å². The van der Waals surface area contributed by atoms with E-state index < -0.39 is 0 Å². The van der Waals surface area contributed by atoms with E-state index in [9.17, 15) is 5.11 Å². The Labute approximate surface area is 96.6 Å². The van der Waals surface area contributed by atoms with Gasteiger partial charge in [-0.25, -0.2) is 0 Å². The van der Waals surface area contributed by atoms with E-state index in [1.165, 1.54) is 0 Å². The number of hydrogen-bond acceptors (Lipinski definition) is 3. The summed E-state index contributed by atoms with van der Waals surface area (Å²) in [5.41, 5.74) is 1.03. The van der Waals surface area contributed by atoms with Gasteiger partial charge in [-0.15, -0.1) is 0 Å². The van der Waals surface area contributed by atoms with E-state index in [1.54, 1.807) is 6.07 Å². The van der Waals surface area contributed by atoms with Crippen molar-refractivity contribution in [2.75, 3.05) is 26.3 Å². The van der Waals surface area contributed by atoms with Crippen LogP contribution in [-0.4, -0.2) is 36.3 Å². The molecule has 1 aliphatic rings. The number of hydrogen-bond donors (Lipinski definition) is 1. The minimum Gasteiger partial charge on any atom is -0.508 e. The second-order valence-electron chi connectivity index (χ2n) is 4.13. The average molecular weight is 221 g/mol. The van der Waals surface area contributed by atoms with Crippen molar-refractivity contribution < 1.29 is 9.84 Å². The van der Waals surface area contributed by atoms with Crippen molar-refractivity contribution in [3.05, 3.63) is 29.8 Å². The van der Waals surface area contributed by atoms with Gasteiger partial charge in [0.2, 0.25) is 0 Å². The molecule has 3 nitrogen and oxygen atoms in total. The molecule has 16 heavy (non-hydrogen) atoms. The maximum absolute atomic E-state index is 9.88. The molecule has 0 amide bonds. The predicted octanol–water partition coefficient (Wildman–Crippen LogP) is 2.18. The van der Waals surface area contributed by atoms with Crippen LogP contribution in [0.15, 0.2) is 24.3 Å². The van der Waals surface area contributed by atoms with Crippen LogP contribution in [0.3, 0.4) is 0 Å². The van der Waals surface area contributed by atoms with Crippen LogP contribution in [0, 0.1) is 0 Å². The van der Waals surface area contributed by atoms with Gasteiger partial charge in [-0.2, -0.15) is 0 Å².